The summed E-state index contributed by atoms with van der Waals surface area (Å²) in [7, 11) is 0. The van der Waals surface area contributed by atoms with Crippen molar-refractivity contribution in [3.05, 3.63) is 0 Å². The van der Waals surface area contributed by atoms with Crippen molar-refractivity contribution >= 4 is 5.91 Å². The summed E-state index contributed by atoms with van der Waals surface area (Å²) in [5.41, 5.74) is 5.63. The van der Waals surface area contributed by atoms with E-state index in [-0.39, 0.29) is 5.41 Å². The average molecular weight is 222 g/mol. The molecule has 3 fully saturated rings. The van der Waals surface area contributed by atoms with Crippen LogP contribution in [0.5, 0.6) is 0 Å². The van der Waals surface area contributed by atoms with Crippen LogP contribution in [0.3, 0.4) is 0 Å². The maximum Gasteiger partial charge on any atom is 0.230 e. The van der Waals surface area contributed by atoms with E-state index >= 15 is 0 Å². The fourth-order valence-electron chi connectivity index (χ4n) is 3.62. The molecular formula is C13H22N2O. The van der Waals surface area contributed by atoms with E-state index in [1.165, 1.54) is 32.1 Å². The van der Waals surface area contributed by atoms with Crippen molar-refractivity contribution in [3.8, 4) is 0 Å². The van der Waals surface area contributed by atoms with Crippen LogP contribution in [0, 0.1) is 11.3 Å². The largest absolute Gasteiger partial charge is 0.339 e. The summed E-state index contributed by atoms with van der Waals surface area (Å²) < 4.78 is 0. The van der Waals surface area contributed by atoms with E-state index in [1.54, 1.807) is 0 Å². The van der Waals surface area contributed by atoms with Gasteiger partial charge in [0.15, 0.2) is 0 Å². The molecule has 0 spiro atoms. The number of likely N-dealkylation sites (tertiary alicyclic amines) is 1. The molecule has 0 aromatic carbocycles. The van der Waals surface area contributed by atoms with Crippen molar-refractivity contribution in [1.82, 2.24) is 4.90 Å². The predicted molar refractivity (Wildman–Crippen MR) is 62.8 cm³/mol. The molecule has 2 saturated carbocycles. The average Bonchev–Trinajstić information content (AvgIpc) is 3.02. The van der Waals surface area contributed by atoms with Crippen molar-refractivity contribution in [1.29, 1.82) is 0 Å². The first kappa shape index (κ1) is 10.6. The van der Waals surface area contributed by atoms with Crippen LogP contribution in [0.2, 0.25) is 0 Å². The minimum atomic E-state index is -0.133. The number of nitrogens with zero attached hydrogens (tertiary/aromatic N) is 1. The Hall–Kier alpha value is -0.570. The maximum absolute atomic E-state index is 12.5. The molecule has 1 saturated heterocycles. The molecule has 1 aliphatic heterocycles. The molecule has 1 amide bonds. The first-order valence-corrected chi connectivity index (χ1v) is 6.78. The third-order valence-electron chi connectivity index (χ3n) is 4.97. The van der Waals surface area contributed by atoms with E-state index in [1.807, 2.05) is 0 Å². The van der Waals surface area contributed by atoms with E-state index in [2.05, 4.69) is 4.90 Å². The van der Waals surface area contributed by atoms with Crippen LogP contribution in [0.1, 0.15) is 44.9 Å². The van der Waals surface area contributed by atoms with Gasteiger partial charge in [0.1, 0.15) is 0 Å². The van der Waals surface area contributed by atoms with Crippen LogP contribution in [0.25, 0.3) is 0 Å². The number of rotatable bonds is 2. The monoisotopic (exact) mass is 222 g/mol. The first-order chi connectivity index (χ1) is 7.77. The van der Waals surface area contributed by atoms with Gasteiger partial charge in [-0.3, -0.25) is 4.79 Å². The van der Waals surface area contributed by atoms with Gasteiger partial charge >= 0.3 is 0 Å². The van der Waals surface area contributed by atoms with Crippen LogP contribution in [0.4, 0.5) is 0 Å². The topological polar surface area (TPSA) is 46.3 Å². The highest BCUT2D eigenvalue weighted by Crippen LogP contribution is 2.48. The van der Waals surface area contributed by atoms with Crippen molar-refractivity contribution in [2.75, 3.05) is 13.1 Å². The zero-order chi connectivity index (χ0) is 11.2. The molecule has 3 aliphatic rings. The fraction of sp³-hybridized carbons (Fsp3) is 0.923. The quantitative estimate of drug-likeness (QED) is 0.770. The normalized spacial score (nSPS) is 35.9. The second kappa shape index (κ2) is 3.73. The van der Waals surface area contributed by atoms with Gasteiger partial charge in [-0.2, -0.15) is 0 Å². The Balaban J connectivity index is 1.73. The number of fused-ring (bicyclic) bond motifs is 1. The van der Waals surface area contributed by atoms with Crippen molar-refractivity contribution in [2.24, 2.45) is 17.1 Å². The smallest absolute Gasteiger partial charge is 0.230 e. The highest BCUT2D eigenvalue weighted by molar-refractivity contribution is 5.86. The van der Waals surface area contributed by atoms with Gasteiger partial charge in [0.05, 0.1) is 5.41 Å². The molecule has 0 aromatic rings. The Morgan fingerprint density at radius 1 is 1.25 bits per heavy atom. The number of hydrogen-bond donors (Lipinski definition) is 1. The lowest BCUT2D eigenvalue weighted by Crippen LogP contribution is -2.45. The Morgan fingerprint density at radius 2 is 2.00 bits per heavy atom. The molecule has 3 rings (SSSR count). The standard InChI is InChI=1S/C13H22N2O/c14-9-13(6-7-13)12(16)15-8-5-10-3-1-2-4-11(10)15/h10-11H,1-9,14H2. The minimum Gasteiger partial charge on any atom is -0.339 e. The Morgan fingerprint density at radius 3 is 2.69 bits per heavy atom. The van der Waals surface area contributed by atoms with Gasteiger partial charge in [0, 0.05) is 19.1 Å². The van der Waals surface area contributed by atoms with Gasteiger partial charge in [0.25, 0.3) is 0 Å². The molecule has 3 nitrogen and oxygen atoms in total. The van der Waals surface area contributed by atoms with Crippen LogP contribution in [0.15, 0.2) is 0 Å². The zero-order valence-corrected chi connectivity index (χ0v) is 9.95. The highest BCUT2D eigenvalue weighted by atomic mass is 16.2. The van der Waals surface area contributed by atoms with E-state index in [0.717, 1.165) is 25.3 Å². The molecule has 2 N–H and O–H groups in total. The Bertz CT molecular complexity index is 298. The van der Waals surface area contributed by atoms with Crippen LogP contribution < -0.4 is 5.73 Å². The first-order valence-electron chi connectivity index (χ1n) is 6.78. The number of carbonyl (C=O) groups excluding carboxylic acids is 1. The predicted octanol–water partition coefficient (Wildman–Crippen LogP) is 1.52. The summed E-state index contributed by atoms with van der Waals surface area (Å²) in [5.74, 6) is 1.18. The molecule has 0 bridgehead atoms. The molecule has 16 heavy (non-hydrogen) atoms. The van der Waals surface area contributed by atoms with Crippen molar-refractivity contribution in [2.45, 2.75) is 51.0 Å². The van der Waals surface area contributed by atoms with Gasteiger partial charge in [-0.1, -0.05) is 12.8 Å². The Kier molecular flexibility index (Phi) is 2.46. The number of amides is 1. The number of nitrogens with two attached hydrogens (primary N) is 1. The van der Waals surface area contributed by atoms with Crippen LogP contribution in [-0.2, 0) is 4.79 Å². The summed E-state index contributed by atoms with van der Waals surface area (Å²) in [6, 6.07) is 0.560. The van der Waals surface area contributed by atoms with Gasteiger partial charge in [0.2, 0.25) is 5.91 Å². The van der Waals surface area contributed by atoms with E-state index in [0.29, 0.717) is 18.5 Å². The lowest BCUT2D eigenvalue weighted by molar-refractivity contribution is -0.138. The van der Waals surface area contributed by atoms with E-state index < -0.39 is 0 Å². The van der Waals surface area contributed by atoms with Gasteiger partial charge in [-0.15, -0.1) is 0 Å². The van der Waals surface area contributed by atoms with Crippen LogP contribution in [-0.4, -0.2) is 29.9 Å². The molecule has 90 valence electrons. The third-order valence-corrected chi connectivity index (χ3v) is 4.97. The van der Waals surface area contributed by atoms with Crippen molar-refractivity contribution < 1.29 is 4.79 Å². The van der Waals surface area contributed by atoms with Gasteiger partial charge < -0.3 is 10.6 Å². The minimum absolute atomic E-state index is 0.133. The van der Waals surface area contributed by atoms with Gasteiger partial charge in [-0.25, -0.2) is 0 Å². The molecular weight excluding hydrogens is 200 g/mol. The molecule has 1 heterocycles. The van der Waals surface area contributed by atoms with E-state index in [4.69, 9.17) is 5.73 Å². The lowest BCUT2D eigenvalue weighted by Gasteiger charge is -2.33. The zero-order valence-electron chi connectivity index (χ0n) is 9.95. The van der Waals surface area contributed by atoms with Gasteiger partial charge in [-0.05, 0) is 38.0 Å². The summed E-state index contributed by atoms with van der Waals surface area (Å²) in [5, 5.41) is 0. The summed E-state index contributed by atoms with van der Waals surface area (Å²) >= 11 is 0. The lowest BCUT2D eigenvalue weighted by atomic mass is 9.85. The molecule has 0 aromatic heterocycles. The van der Waals surface area contributed by atoms with Crippen LogP contribution >= 0.6 is 0 Å². The second-order valence-corrected chi connectivity index (χ2v) is 5.88. The molecule has 2 atom stereocenters. The number of carbonyl (C=O) groups is 1. The Labute approximate surface area is 97.4 Å². The SMILES string of the molecule is NCC1(C(=O)N2CCC3CCCCC32)CC1. The maximum atomic E-state index is 12.5. The van der Waals surface area contributed by atoms with Crippen molar-refractivity contribution in [3.63, 3.8) is 0 Å². The second-order valence-electron chi connectivity index (χ2n) is 5.88. The summed E-state index contributed by atoms with van der Waals surface area (Å²) in [4.78, 5) is 14.6. The molecule has 3 heteroatoms. The fourth-order valence-corrected chi connectivity index (χ4v) is 3.62. The molecule has 2 unspecified atom stereocenters. The number of hydrogen-bond acceptors (Lipinski definition) is 2. The highest BCUT2D eigenvalue weighted by Gasteiger charge is 2.53. The molecule has 0 radical (unpaired) electrons. The van der Waals surface area contributed by atoms with E-state index in [9.17, 15) is 4.79 Å². The summed E-state index contributed by atoms with van der Waals surface area (Å²) in [6.07, 6.45) is 8.52. The molecule has 2 aliphatic carbocycles. The third kappa shape index (κ3) is 1.48. The summed E-state index contributed by atoms with van der Waals surface area (Å²) in [6.45, 7) is 1.55.